The van der Waals surface area contributed by atoms with Gasteiger partial charge in [0.1, 0.15) is 5.82 Å². The number of halogens is 3. The minimum Gasteiger partial charge on any atom is -0.206 e. The first-order valence-electron chi connectivity index (χ1n) is 9.19. The lowest BCUT2D eigenvalue weighted by Gasteiger charge is -2.35. The fourth-order valence-electron chi connectivity index (χ4n) is 4.69. The number of fused-ring (bicyclic) bond motifs is 1. The van der Waals surface area contributed by atoms with Gasteiger partial charge in [-0.15, -0.1) is 0 Å². The molecule has 0 unspecified atom stereocenters. The first-order valence-corrected chi connectivity index (χ1v) is 9.19. The van der Waals surface area contributed by atoms with Gasteiger partial charge >= 0.3 is 0 Å². The van der Waals surface area contributed by atoms with Crippen molar-refractivity contribution < 1.29 is 13.2 Å². The molecule has 2 aliphatic carbocycles. The SMILES string of the molecule is CCCCCC1CCC([C@H]2Cc3cccc(F)c3C2(F)F)CC1. The summed E-state index contributed by atoms with van der Waals surface area (Å²) < 4.78 is 43.4. The van der Waals surface area contributed by atoms with Crippen LogP contribution < -0.4 is 0 Å². The largest absolute Gasteiger partial charge is 0.279 e. The van der Waals surface area contributed by atoms with Gasteiger partial charge in [-0.25, -0.2) is 13.2 Å². The number of hydrogen-bond acceptors (Lipinski definition) is 0. The van der Waals surface area contributed by atoms with E-state index in [1.807, 2.05) is 0 Å². The van der Waals surface area contributed by atoms with Crippen LogP contribution in [0.4, 0.5) is 13.2 Å². The number of hydrogen-bond donors (Lipinski definition) is 0. The molecule has 1 aromatic rings. The van der Waals surface area contributed by atoms with Crippen molar-refractivity contribution in [3.63, 3.8) is 0 Å². The zero-order chi connectivity index (χ0) is 16.4. The Balaban J connectivity index is 1.63. The van der Waals surface area contributed by atoms with Crippen molar-refractivity contribution in [1.29, 1.82) is 0 Å². The van der Waals surface area contributed by atoms with Crippen LogP contribution in [0.3, 0.4) is 0 Å². The highest BCUT2D eigenvalue weighted by molar-refractivity contribution is 5.38. The first kappa shape index (κ1) is 16.9. The van der Waals surface area contributed by atoms with Gasteiger partial charge in [0.2, 0.25) is 0 Å². The molecule has 0 aliphatic heterocycles. The number of unbranched alkanes of at least 4 members (excludes halogenated alkanes) is 2. The molecule has 1 fully saturated rings. The van der Waals surface area contributed by atoms with E-state index in [0.717, 1.165) is 25.7 Å². The second-order valence-electron chi connectivity index (χ2n) is 7.48. The van der Waals surface area contributed by atoms with Crippen LogP contribution in [0.15, 0.2) is 18.2 Å². The van der Waals surface area contributed by atoms with Gasteiger partial charge in [0, 0.05) is 5.92 Å². The van der Waals surface area contributed by atoms with Gasteiger partial charge in [0.05, 0.1) is 5.56 Å². The van der Waals surface area contributed by atoms with Crippen molar-refractivity contribution in [3.8, 4) is 0 Å². The van der Waals surface area contributed by atoms with Gasteiger partial charge in [-0.1, -0.05) is 57.6 Å². The highest BCUT2D eigenvalue weighted by atomic mass is 19.3. The molecule has 128 valence electrons. The van der Waals surface area contributed by atoms with Crippen LogP contribution >= 0.6 is 0 Å². The molecule has 1 aromatic carbocycles. The summed E-state index contributed by atoms with van der Waals surface area (Å²) in [7, 11) is 0. The van der Waals surface area contributed by atoms with E-state index in [0.29, 0.717) is 17.9 Å². The van der Waals surface area contributed by atoms with Crippen molar-refractivity contribution in [2.45, 2.75) is 70.6 Å². The second kappa shape index (κ2) is 6.86. The Labute approximate surface area is 137 Å². The number of rotatable bonds is 5. The van der Waals surface area contributed by atoms with Crippen molar-refractivity contribution in [3.05, 3.63) is 35.1 Å². The molecule has 3 rings (SSSR count). The summed E-state index contributed by atoms with van der Waals surface area (Å²) in [4.78, 5) is 0. The molecule has 1 saturated carbocycles. The molecule has 2 aliphatic rings. The average Bonchev–Trinajstić information content (AvgIpc) is 2.81. The van der Waals surface area contributed by atoms with Gasteiger partial charge in [0.25, 0.3) is 5.92 Å². The maximum atomic E-state index is 14.8. The molecule has 0 N–H and O–H groups in total. The smallest absolute Gasteiger partial charge is 0.206 e. The first-order chi connectivity index (χ1) is 11.0. The Morgan fingerprint density at radius 2 is 1.83 bits per heavy atom. The van der Waals surface area contributed by atoms with E-state index in [-0.39, 0.29) is 11.5 Å². The summed E-state index contributed by atoms with van der Waals surface area (Å²) in [5, 5.41) is 0. The van der Waals surface area contributed by atoms with E-state index in [4.69, 9.17) is 0 Å². The molecular formula is C20H27F3. The fraction of sp³-hybridized carbons (Fsp3) is 0.700. The van der Waals surface area contributed by atoms with Crippen LogP contribution in [-0.2, 0) is 12.3 Å². The third kappa shape index (κ3) is 3.29. The van der Waals surface area contributed by atoms with Gasteiger partial charge in [-0.3, -0.25) is 0 Å². The molecule has 0 bridgehead atoms. The third-order valence-electron chi connectivity index (χ3n) is 6.02. The lowest BCUT2D eigenvalue weighted by atomic mass is 9.72. The number of benzene rings is 1. The van der Waals surface area contributed by atoms with E-state index in [9.17, 15) is 13.2 Å². The Morgan fingerprint density at radius 3 is 2.48 bits per heavy atom. The summed E-state index contributed by atoms with van der Waals surface area (Å²) >= 11 is 0. The van der Waals surface area contributed by atoms with E-state index in [1.54, 1.807) is 12.1 Å². The topological polar surface area (TPSA) is 0 Å². The Hall–Kier alpha value is -0.990. The lowest BCUT2D eigenvalue weighted by molar-refractivity contribution is -0.0840. The standard InChI is InChI=1S/C20H27F3/c1-2-3-4-6-14-9-11-15(12-10-14)17-13-16-7-5-8-18(21)19(16)20(17,22)23/h5,7-8,14-15,17H,2-4,6,9-13H2,1H3/t14?,15?,17-/m1/s1. The Kier molecular flexibility index (Phi) is 5.03. The minimum absolute atomic E-state index is 0.0409. The fourth-order valence-corrected chi connectivity index (χ4v) is 4.69. The normalized spacial score (nSPS) is 29.5. The van der Waals surface area contributed by atoms with Crippen LogP contribution in [0.25, 0.3) is 0 Å². The number of alkyl halides is 2. The van der Waals surface area contributed by atoms with E-state index in [2.05, 4.69) is 6.92 Å². The average molecular weight is 324 g/mol. The monoisotopic (exact) mass is 324 g/mol. The summed E-state index contributed by atoms with van der Waals surface area (Å²) in [6.45, 7) is 2.20. The zero-order valence-corrected chi connectivity index (χ0v) is 14.0. The zero-order valence-electron chi connectivity index (χ0n) is 14.0. The Bertz CT molecular complexity index is 530. The third-order valence-corrected chi connectivity index (χ3v) is 6.02. The lowest BCUT2D eigenvalue weighted by Crippen LogP contribution is -2.31. The van der Waals surface area contributed by atoms with Crippen LogP contribution in [0, 0.1) is 23.6 Å². The molecule has 0 nitrogen and oxygen atoms in total. The van der Waals surface area contributed by atoms with Gasteiger partial charge in [-0.2, -0.15) is 0 Å². The molecule has 1 atom stereocenters. The summed E-state index contributed by atoms with van der Waals surface area (Å²) in [5.74, 6) is -3.68. The van der Waals surface area contributed by atoms with Gasteiger partial charge in [0.15, 0.2) is 0 Å². The highest BCUT2D eigenvalue weighted by Crippen LogP contribution is 2.53. The van der Waals surface area contributed by atoms with Crippen molar-refractivity contribution in [2.24, 2.45) is 17.8 Å². The maximum absolute atomic E-state index is 14.8. The predicted octanol–water partition coefficient (Wildman–Crippen LogP) is 6.48. The van der Waals surface area contributed by atoms with E-state index in [1.165, 1.54) is 31.7 Å². The molecule has 3 heteroatoms. The van der Waals surface area contributed by atoms with Gasteiger partial charge < -0.3 is 0 Å². The summed E-state index contributed by atoms with van der Waals surface area (Å²) in [6, 6.07) is 4.39. The van der Waals surface area contributed by atoms with Crippen LogP contribution in [0.5, 0.6) is 0 Å². The quantitative estimate of drug-likeness (QED) is 0.544. The van der Waals surface area contributed by atoms with E-state index >= 15 is 0 Å². The maximum Gasteiger partial charge on any atom is 0.279 e. The Morgan fingerprint density at radius 1 is 1.09 bits per heavy atom. The molecular weight excluding hydrogens is 297 g/mol. The molecule has 0 amide bonds. The molecule has 0 heterocycles. The molecule has 0 radical (unpaired) electrons. The van der Waals surface area contributed by atoms with E-state index < -0.39 is 17.7 Å². The predicted molar refractivity (Wildman–Crippen MR) is 87.1 cm³/mol. The van der Waals surface area contributed by atoms with Crippen LogP contribution in [0.2, 0.25) is 0 Å². The molecule has 0 saturated heterocycles. The second-order valence-corrected chi connectivity index (χ2v) is 7.48. The molecule has 23 heavy (non-hydrogen) atoms. The highest BCUT2D eigenvalue weighted by Gasteiger charge is 2.53. The van der Waals surface area contributed by atoms with Crippen LogP contribution in [0.1, 0.15) is 69.4 Å². The van der Waals surface area contributed by atoms with Crippen molar-refractivity contribution >= 4 is 0 Å². The van der Waals surface area contributed by atoms with Gasteiger partial charge in [-0.05, 0) is 42.7 Å². The molecule has 0 aromatic heterocycles. The molecule has 0 spiro atoms. The minimum atomic E-state index is -3.00. The van der Waals surface area contributed by atoms with Crippen molar-refractivity contribution in [1.82, 2.24) is 0 Å². The summed E-state index contributed by atoms with van der Waals surface area (Å²) in [6.07, 6.45) is 9.26. The summed E-state index contributed by atoms with van der Waals surface area (Å²) in [5.41, 5.74) is 0.195. The van der Waals surface area contributed by atoms with Crippen molar-refractivity contribution in [2.75, 3.05) is 0 Å². The van der Waals surface area contributed by atoms with Crippen LogP contribution in [-0.4, -0.2) is 0 Å².